The smallest absolute Gasteiger partial charge is 0.268 e. The lowest BCUT2D eigenvalue weighted by Gasteiger charge is -2.19. The molecule has 1 aliphatic rings. The molecule has 2 amide bonds. The van der Waals surface area contributed by atoms with Gasteiger partial charge in [-0.05, 0) is 52.8 Å². The second kappa shape index (κ2) is 10.3. The predicted octanol–water partition coefficient (Wildman–Crippen LogP) is 5.58. The zero-order chi connectivity index (χ0) is 27.7. The van der Waals surface area contributed by atoms with E-state index in [0.717, 1.165) is 21.6 Å². The van der Waals surface area contributed by atoms with Crippen LogP contribution in [0, 0.1) is 11.3 Å². The van der Waals surface area contributed by atoms with Crippen LogP contribution in [0.1, 0.15) is 61.2 Å². The van der Waals surface area contributed by atoms with Crippen molar-refractivity contribution >= 4 is 34.4 Å². The fraction of sp³-hybridized carbons (Fsp3) is 0.333. The van der Waals surface area contributed by atoms with Gasteiger partial charge in [0.25, 0.3) is 11.8 Å². The van der Waals surface area contributed by atoms with Crippen molar-refractivity contribution in [1.29, 1.82) is 5.26 Å². The highest BCUT2D eigenvalue weighted by Gasteiger charge is 2.47. The number of nitrogens with zero attached hydrogens (tertiary/aromatic N) is 3. The van der Waals surface area contributed by atoms with Crippen molar-refractivity contribution in [2.45, 2.75) is 51.5 Å². The van der Waals surface area contributed by atoms with Crippen LogP contribution in [0.5, 0.6) is 0 Å². The van der Waals surface area contributed by atoms with E-state index in [0.29, 0.717) is 16.5 Å². The molecule has 2 heterocycles. The van der Waals surface area contributed by atoms with Crippen LogP contribution >= 0.6 is 0 Å². The number of alkyl halides is 2. The van der Waals surface area contributed by atoms with Crippen LogP contribution in [0.3, 0.4) is 0 Å². The summed E-state index contributed by atoms with van der Waals surface area (Å²) >= 11 is 0. The van der Waals surface area contributed by atoms with Crippen molar-refractivity contribution in [2.75, 3.05) is 13.1 Å². The lowest BCUT2D eigenvalue weighted by molar-refractivity contribution is -0.131. The number of hydrogen-bond donors (Lipinski definition) is 1. The number of nitriles is 1. The summed E-state index contributed by atoms with van der Waals surface area (Å²) < 4.78 is 27.4. The minimum Gasteiger partial charge on any atom is -0.343 e. The zero-order valence-corrected chi connectivity index (χ0v) is 21.9. The van der Waals surface area contributed by atoms with Crippen molar-refractivity contribution in [3.63, 3.8) is 0 Å². The molecule has 8 heteroatoms. The van der Waals surface area contributed by atoms with E-state index in [9.17, 15) is 18.4 Å². The van der Waals surface area contributed by atoms with E-state index in [2.05, 4.69) is 61.4 Å². The molecule has 0 unspecified atom stereocenters. The molecule has 0 bridgehead atoms. The average molecular weight is 517 g/mol. The third-order valence-electron chi connectivity index (χ3n) is 6.74. The first-order chi connectivity index (χ1) is 17.9. The molecule has 6 nitrogen and oxygen atoms in total. The molecule has 4 rings (SSSR count). The first-order valence-electron chi connectivity index (χ1n) is 12.4. The summed E-state index contributed by atoms with van der Waals surface area (Å²) in [7, 11) is 0. The molecular formula is C30H30F2N4O2. The summed E-state index contributed by atoms with van der Waals surface area (Å²) in [5.74, 6) is -4.36. The molecule has 2 aromatic carbocycles. The highest BCUT2D eigenvalue weighted by molar-refractivity contribution is 6.07. The lowest BCUT2D eigenvalue weighted by atomic mass is 9.86. The van der Waals surface area contributed by atoms with Crippen LogP contribution in [-0.2, 0) is 10.2 Å². The van der Waals surface area contributed by atoms with Gasteiger partial charge in [-0.1, -0.05) is 57.2 Å². The van der Waals surface area contributed by atoms with Gasteiger partial charge in [-0.25, -0.2) is 8.78 Å². The Kier molecular flexibility index (Phi) is 7.32. The van der Waals surface area contributed by atoms with Gasteiger partial charge in [0, 0.05) is 18.0 Å². The van der Waals surface area contributed by atoms with Crippen LogP contribution in [-0.4, -0.2) is 46.8 Å². The molecule has 1 atom stereocenters. The van der Waals surface area contributed by atoms with Crippen LogP contribution in [0.2, 0.25) is 0 Å². The largest absolute Gasteiger partial charge is 0.343 e. The van der Waals surface area contributed by atoms with Gasteiger partial charge in [0.15, 0.2) is 0 Å². The fourth-order valence-corrected chi connectivity index (χ4v) is 4.55. The summed E-state index contributed by atoms with van der Waals surface area (Å²) in [5.41, 5.74) is 5.21. The van der Waals surface area contributed by atoms with E-state index >= 15 is 0 Å². The van der Waals surface area contributed by atoms with Gasteiger partial charge in [-0.3, -0.25) is 14.6 Å². The molecule has 38 heavy (non-hydrogen) atoms. The Balaban J connectivity index is 1.53. The van der Waals surface area contributed by atoms with Crippen molar-refractivity contribution < 1.29 is 18.4 Å². The van der Waals surface area contributed by atoms with Gasteiger partial charge >= 0.3 is 0 Å². The number of rotatable bonds is 5. The molecule has 1 aliphatic heterocycles. The molecule has 196 valence electrons. The van der Waals surface area contributed by atoms with E-state index in [4.69, 9.17) is 5.26 Å². The predicted molar refractivity (Wildman–Crippen MR) is 143 cm³/mol. The van der Waals surface area contributed by atoms with Crippen molar-refractivity contribution in [3.05, 3.63) is 77.0 Å². The summed E-state index contributed by atoms with van der Waals surface area (Å²) in [6.45, 7) is 7.19. The molecular weight excluding hydrogens is 486 g/mol. The average Bonchev–Trinajstić information content (AvgIpc) is 3.20. The maximum atomic E-state index is 13.7. The van der Waals surface area contributed by atoms with Crippen LogP contribution in [0.25, 0.3) is 22.6 Å². The van der Waals surface area contributed by atoms with Crippen molar-refractivity contribution in [3.8, 4) is 6.07 Å². The SMILES string of the molecule is C/C(=C\c1ccc(C(C)(C)C)cc1)c1ccc2nccc(C(=O)NCC(=O)N3CC(F)(F)C[C@H]3C#N)c2c1. The number of fused-ring (bicyclic) bond motifs is 1. The van der Waals surface area contributed by atoms with Crippen LogP contribution < -0.4 is 5.32 Å². The topological polar surface area (TPSA) is 86.1 Å². The van der Waals surface area contributed by atoms with E-state index in [1.807, 2.05) is 25.1 Å². The number of hydrogen-bond acceptors (Lipinski definition) is 4. The Morgan fingerprint density at radius 3 is 2.55 bits per heavy atom. The Labute approximate surface area is 221 Å². The molecule has 3 aromatic rings. The maximum absolute atomic E-state index is 13.7. The number of pyridine rings is 1. The van der Waals surface area contributed by atoms with Gasteiger partial charge in [0.1, 0.15) is 6.04 Å². The number of likely N-dealkylation sites (tertiary alicyclic amines) is 1. The first-order valence-corrected chi connectivity index (χ1v) is 12.4. The number of allylic oxidation sites excluding steroid dienone is 1. The van der Waals surface area contributed by atoms with Gasteiger partial charge in [0.2, 0.25) is 5.91 Å². The van der Waals surface area contributed by atoms with E-state index < -0.39 is 43.3 Å². The van der Waals surface area contributed by atoms with E-state index in [-0.39, 0.29) is 5.41 Å². The van der Waals surface area contributed by atoms with Gasteiger partial charge < -0.3 is 10.2 Å². The van der Waals surface area contributed by atoms with Crippen LogP contribution in [0.15, 0.2) is 54.7 Å². The number of benzene rings is 2. The molecule has 1 N–H and O–H groups in total. The van der Waals surface area contributed by atoms with E-state index in [1.165, 1.54) is 11.8 Å². The third-order valence-corrected chi connectivity index (χ3v) is 6.74. The molecule has 0 radical (unpaired) electrons. The zero-order valence-electron chi connectivity index (χ0n) is 21.9. The number of carbonyl (C=O) groups excluding carboxylic acids is 2. The van der Waals surface area contributed by atoms with Crippen molar-refractivity contribution in [2.24, 2.45) is 0 Å². The molecule has 0 spiro atoms. The monoisotopic (exact) mass is 516 g/mol. The Hall–Kier alpha value is -4.12. The number of halogens is 2. The fourth-order valence-electron chi connectivity index (χ4n) is 4.55. The normalized spacial score (nSPS) is 17.3. The van der Waals surface area contributed by atoms with Crippen molar-refractivity contribution in [1.82, 2.24) is 15.2 Å². The Bertz CT molecular complexity index is 1450. The minimum atomic E-state index is -3.11. The first kappa shape index (κ1) is 26.9. The van der Waals surface area contributed by atoms with Gasteiger partial charge in [-0.15, -0.1) is 0 Å². The molecule has 0 saturated carbocycles. The summed E-state index contributed by atoms with van der Waals surface area (Å²) in [6, 6.07) is 16.1. The molecule has 1 aromatic heterocycles. The number of amides is 2. The van der Waals surface area contributed by atoms with E-state index in [1.54, 1.807) is 12.1 Å². The quantitative estimate of drug-likeness (QED) is 0.449. The number of nitrogens with one attached hydrogen (secondary N) is 1. The second-order valence-corrected chi connectivity index (χ2v) is 10.7. The summed E-state index contributed by atoms with van der Waals surface area (Å²) in [4.78, 5) is 30.7. The molecule has 1 fully saturated rings. The second-order valence-electron chi connectivity index (χ2n) is 10.7. The van der Waals surface area contributed by atoms with Gasteiger partial charge in [0.05, 0.1) is 30.2 Å². The van der Waals surface area contributed by atoms with Gasteiger partial charge in [-0.2, -0.15) is 5.26 Å². The van der Waals surface area contributed by atoms with Crippen LogP contribution in [0.4, 0.5) is 8.78 Å². The number of aromatic nitrogens is 1. The summed E-state index contributed by atoms with van der Waals surface area (Å²) in [6.07, 6.45) is 2.87. The highest BCUT2D eigenvalue weighted by atomic mass is 19.3. The lowest BCUT2D eigenvalue weighted by Crippen LogP contribution is -2.43. The third kappa shape index (κ3) is 5.88. The Morgan fingerprint density at radius 1 is 1.18 bits per heavy atom. The molecule has 0 aliphatic carbocycles. The highest BCUT2D eigenvalue weighted by Crippen LogP contribution is 2.32. The number of carbonyl (C=O) groups is 2. The maximum Gasteiger partial charge on any atom is 0.268 e. The summed E-state index contributed by atoms with van der Waals surface area (Å²) in [5, 5.41) is 12.2. The molecule has 1 saturated heterocycles. The Morgan fingerprint density at radius 2 is 1.89 bits per heavy atom. The standard InChI is InChI=1S/C30H30F2N4O2/c1-19(13-20-5-8-22(9-6-20)29(2,3)4)21-7-10-26-25(14-21)24(11-12-34-26)28(38)35-17-27(37)36-18-30(31,32)15-23(36)16-33/h5-14,23H,15,17-18H2,1-4H3,(H,35,38)/b19-13+/t23-/m0/s1. The minimum absolute atomic E-state index is 0.0706.